The van der Waals surface area contributed by atoms with E-state index in [4.69, 9.17) is 0 Å². The van der Waals surface area contributed by atoms with E-state index < -0.39 is 9.34 Å². The van der Waals surface area contributed by atoms with Crippen LogP contribution in [0.5, 0.6) is 5.75 Å². The van der Waals surface area contributed by atoms with Crippen LogP contribution in [0.4, 0.5) is 0 Å². The van der Waals surface area contributed by atoms with Crippen molar-refractivity contribution in [3.8, 4) is 5.75 Å². The minimum absolute atomic E-state index is 0.112. The van der Waals surface area contributed by atoms with Crippen LogP contribution in [-0.4, -0.2) is 19.6 Å². The maximum atomic E-state index is 10.2. The van der Waals surface area contributed by atoms with E-state index in [0.717, 1.165) is 0 Å². The number of rotatable bonds is 1. The Morgan fingerprint density at radius 3 is 2.44 bits per heavy atom. The monoisotopic (exact) mass is 500 g/mol. The molecule has 1 aromatic rings. The molecule has 2 N–H and O–H groups in total. The summed E-state index contributed by atoms with van der Waals surface area (Å²) in [5.41, 5.74) is 1.21. The highest BCUT2D eigenvalue weighted by molar-refractivity contribution is 9.25. The van der Waals surface area contributed by atoms with Crippen molar-refractivity contribution in [2.24, 2.45) is 0 Å². The second kappa shape index (κ2) is 5.40. The molecule has 2 nitrogen and oxygen atoms in total. The van der Waals surface area contributed by atoms with E-state index in [0.29, 0.717) is 20.1 Å². The van der Waals surface area contributed by atoms with Crippen LogP contribution in [0.25, 0.3) is 5.57 Å². The molecule has 0 radical (unpaired) electrons. The Balaban J connectivity index is 2.57. The van der Waals surface area contributed by atoms with Crippen molar-refractivity contribution in [2.45, 2.75) is 9.34 Å². The summed E-state index contributed by atoms with van der Waals surface area (Å²) in [6.07, 6.45) is 2.81. The zero-order valence-corrected chi connectivity index (χ0v) is 15.2. The van der Waals surface area contributed by atoms with Gasteiger partial charge in [-0.1, -0.05) is 59.9 Å². The summed E-state index contributed by atoms with van der Waals surface area (Å²) in [6.45, 7) is 0. The molecule has 2 rings (SSSR count). The first-order valence-corrected chi connectivity index (χ1v) is 8.14. The number of hydrogen-bond donors (Lipinski definition) is 2. The minimum Gasteiger partial charge on any atom is -0.506 e. The predicted octanol–water partition coefficient (Wildman–Crippen LogP) is 4.68. The van der Waals surface area contributed by atoms with Crippen LogP contribution in [0.3, 0.4) is 0 Å². The highest BCUT2D eigenvalue weighted by Gasteiger charge is 2.30. The molecule has 0 saturated heterocycles. The summed E-state index contributed by atoms with van der Waals surface area (Å²) in [5.74, 6) is 0.112. The maximum absolute atomic E-state index is 10.2. The zero-order valence-electron chi connectivity index (χ0n) is 8.87. The molecule has 1 aliphatic rings. The Hall–Kier alpha value is 0.380. The van der Waals surface area contributed by atoms with Gasteiger partial charge in [-0.15, -0.1) is 0 Å². The Bertz CT molecular complexity index is 549. The fraction of sp³-hybridized carbons (Fsp3) is 0.167. The van der Waals surface area contributed by atoms with Gasteiger partial charge in [-0.3, -0.25) is 0 Å². The lowest BCUT2D eigenvalue weighted by molar-refractivity contribution is 0.275. The third-order valence-electron chi connectivity index (χ3n) is 2.53. The second-order valence-corrected chi connectivity index (χ2v) is 9.30. The summed E-state index contributed by atoms with van der Waals surface area (Å²) in [4.78, 5) is 0. The van der Waals surface area contributed by atoms with Crippen LogP contribution in [-0.2, 0) is 0 Å². The van der Waals surface area contributed by atoms with Crippen molar-refractivity contribution in [1.82, 2.24) is 0 Å². The molecule has 1 atom stereocenters. The Labute approximate surface area is 138 Å². The smallest absolute Gasteiger partial charge is 0.137 e. The predicted molar refractivity (Wildman–Crippen MR) is 87.4 cm³/mol. The molecule has 1 aromatic carbocycles. The van der Waals surface area contributed by atoms with Crippen LogP contribution < -0.4 is 0 Å². The molecule has 0 aromatic heterocycles. The summed E-state index contributed by atoms with van der Waals surface area (Å²) < 4.78 is 0.684. The number of aromatic hydroxyl groups is 1. The average Bonchev–Trinajstić information content (AvgIpc) is 2.27. The zero-order chi connectivity index (χ0) is 13.5. The molecular weight excluding hydrogens is 496 g/mol. The van der Waals surface area contributed by atoms with Gasteiger partial charge in [0, 0.05) is 10.0 Å². The molecule has 0 bridgehead atoms. The van der Waals surface area contributed by atoms with E-state index in [-0.39, 0.29) is 5.75 Å². The molecule has 0 saturated carbocycles. The summed E-state index contributed by atoms with van der Waals surface area (Å²) in [7, 11) is 0. The molecular formula is C12H8Br4O2. The molecule has 0 spiro atoms. The van der Waals surface area contributed by atoms with E-state index in [9.17, 15) is 10.2 Å². The van der Waals surface area contributed by atoms with Crippen LogP contribution in [0.1, 0.15) is 5.56 Å². The van der Waals surface area contributed by atoms with Crippen LogP contribution in [0, 0.1) is 0 Å². The number of benzene rings is 1. The van der Waals surface area contributed by atoms with E-state index in [1.807, 2.05) is 12.1 Å². The Kier molecular flexibility index (Phi) is 4.44. The molecule has 0 heterocycles. The van der Waals surface area contributed by atoms with Crippen LogP contribution >= 0.6 is 63.7 Å². The fourth-order valence-corrected chi connectivity index (χ4v) is 4.29. The van der Waals surface area contributed by atoms with Crippen molar-refractivity contribution in [3.05, 3.63) is 44.9 Å². The topological polar surface area (TPSA) is 40.5 Å². The molecule has 18 heavy (non-hydrogen) atoms. The average molecular weight is 504 g/mol. The quantitative estimate of drug-likeness (QED) is 0.547. The van der Waals surface area contributed by atoms with Gasteiger partial charge in [-0.2, -0.15) is 0 Å². The van der Waals surface area contributed by atoms with Crippen molar-refractivity contribution in [2.75, 3.05) is 0 Å². The van der Waals surface area contributed by atoms with Gasteiger partial charge in [0.05, 0.1) is 4.47 Å². The molecule has 1 unspecified atom stereocenters. The molecule has 96 valence electrons. The normalized spacial score (nSPS) is 22.4. The first-order valence-electron chi connectivity index (χ1n) is 4.96. The largest absolute Gasteiger partial charge is 0.506 e. The van der Waals surface area contributed by atoms with Gasteiger partial charge >= 0.3 is 0 Å². The SMILES string of the molecule is Oc1c(Br)cccc1C1=CC(Br)(Br)C=C(Br)C1O. The third kappa shape index (κ3) is 2.93. The lowest BCUT2D eigenvalue weighted by atomic mass is 9.95. The number of para-hydroxylation sites is 1. The highest BCUT2D eigenvalue weighted by atomic mass is 79.9. The van der Waals surface area contributed by atoms with Gasteiger partial charge in [0.25, 0.3) is 0 Å². The fourth-order valence-electron chi connectivity index (χ4n) is 1.71. The third-order valence-corrected chi connectivity index (χ3v) is 4.75. The molecule has 6 heteroatoms. The first kappa shape index (κ1) is 14.8. The lowest BCUT2D eigenvalue weighted by Gasteiger charge is -2.26. The number of halogens is 4. The summed E-state index contributed by atoms with van der Waals surface area (Å²) in [6, 6.07) is 5.31. The molecule has 0 amide bonds. The van der Waals surface area contributed by atoms with E-state index in [2.05, 4.69) is 63.7 Å². The number of phenolic OH excluding ortho intramolecular Hbond substituents is 1. The Morgan fingerprint density at radius 2 is 1.78 bits per heavy atom. The first-order chi connectivity index (χ1) is 8.32. The minimum atomic E-state index is -0.798. The number of phenols is 1. The van der Waals surface area contributed by atoms with Crippen molar-refractivity contribution < 1.29 is 10.2 Å². The maximum Gasteiger partial charge on any atom is 0.137 e. The number of aliphatic hydroxyl groups excluding tert-OH is 1. The van der Waals surface area contributed by atoms with E-state index >= 15 is 0 Å². The standard InChI is InChI=1S/C12H8Br4O2/c13-8-3-1-2-6(10(8)17)7-4-12(15,16)5-9(14)11(7)18/h1-5,11,17-18H. The van der Waals surface area contributed by atoms with Gasteiger partial charge in [-0.25, -0.2) is 0 Å². The highest BCUT2D eigenvalue weighted by Crippen LogP contribution is 2.45. The van der Waals surface area contributed by atoms with Gasteiger partial charge in [-0.05, 0) is 39.7 Å². The van der Waals surface area contributed by atoms with Gasteiger partial charge in [0.1, 0.15) is 15.1 Å². The number of allylic oxidation sites excluding steroid dienone is 2. The van der Waals surface area contributed by atoms with Crippen LogP contribution in [0.15, 0.2) is 39.3 Å². The number of hydrogen-bond acceptors (Lipinski definition) is 2. The van der Waals surface area contributed by atoms with Gasteiger partial charge < -0.3 is 10.2 Å². The van der Waals surface area contributed by atoms with Gasteiger partial charge in [0.15, 0.2) is 0 Å². The molecule has 0 aliphatic heterocycles. The van der Waals surface area contributed by atoms with Gasteiger partial charge in [0.2, 0.25) is 0 Å². The second-order valence-electron chi connectivity index (χ2n) is 3.84. The Morgan fingerprint density at radius 1 is 1.11 bits per heavy atom. The van der Waals surface area contributed by atoms with Crippen molar-refractivity contribution in [1.29, 1.82) is 0 Å². The van der Waals surface area contributed by atoms with E-state index in [1.54, 1.807) is 18.2 Å². The van der Waals surface area contributed by atoms with Crippen molar-refractivity contribution in [3.63, 3.8) is 0 Å². The number of aliphatic hydroxyl groups is 1. The van der Waals surface area contributed by atoms with E-state index in [1.165, 1.54) is 0 Å². The lowest BCUT2D eigenvalue weighted by Crippen LogP contribution is -2.20. The summed E-state index contributed by atoms with van der Waals surface area (Å²) >= 11 is 13.5. The number of alkyl halides is 2. The van der Waals surface area contributed by atoms with Crippen LogP contribution in [0.2, 0.25) is 0 Å². The summed E-state index contributed by atoms with van der Waals surface area (Å²) in [5, 5.41) is 20.2. The molecule has 1 aliphatic carbocycles. The van der Waals surface area contributed by atoms with Crippen molar-refractivity contribution >= 4 is 69.3 Å². The molecule has 0 fully saturated rings.